The molecule has 0 aromatic heterocycles. The van der Waals surface area contributed by atoms with Crippen LogP contribution in [0.2, 0.25) is 0 Å². The van der Waals surface area contributed by atoms with Crippen molar-refractivity contribution in [2.75, 3.05) is 13.2 Å². The standard InChI is InChI=1S/C15H16BNO2/c1-2-7-14(8-3-1)16-18-11-10-17-12-13-6-4-5-9-15(13)19-16/h1-9,17H,10-12H2. The predicted octanol–water partition coefficient (Wildman–Crippen LogP) is 1.58. The van der Waals surface area contributed by atoms with Gasteiger partial charge in [-0.2, -0.15) is 0 Å². The van der Waals surface area contributed by atoms with Gasteiger partial charge < -0.3 is 14.6 Å². The molecule has 1 aliphatic heterocycles. The van der Waals surface area contributed by atoms with Crippen molar-refractivity contribution in [3.63, 3.8) is 0 Å². The Morgan fingerprint density at radius 1 is 0.947 bits per heavy atom. The maximum atomic E-state index is 6.04. The third-order valence-corrected chi connectivity index (χ3v) is 3.14. The molecule has 2 aromatic carbocycles. The van der Waals surface area contributed by atoms with Gasteiger partial charge in [0.2, 0.25) is 0 Å². The van der Waals surface area contributed by atoms with Gasteiger partial charge >= 0.3 is 7.12 Å². The summed E-state index contributed by atoms with van der Waals surface area (Å²) in [6.07, 6.45) is 0. The molecule has 3 rings (SSSR count). The summed E-state index contributed by atoms with van der Waals surface area (Å²) in [6, 6.07) is 18.1. The Bertz CT molecular complexity index is 533. The SMILES string of the molecule is c1ccc(B2OCCNCc3ccccc3O2)cc1. The van der Waals surface area contributed by atoms with Gasteiger partial charge in [0.05, 0.1) is 0 Å². The second-order valence-electron chi connectivity index (χ2n) is 4.52. The third-order valence-electron chi connectivity index (χ3n) is 3.14. The van der Waals surface area contributed by atoms with Crippen molar-refractivity contribution in [1.82, 2.24) is 5.32 Å². The fourth-order valence-corrected chi connectivity index (χ4v) is 2.15. The molecule has 4 heteroatoms. The minimum absolute atomic E-state index is 0.345. The highest BCUT2D eigenvalue weighted by atomic mass is 16.6. The van der Waals surface area contributed by atoms with E-state index in [2.05, 4.69) is 11.4 Å². The summed E-state index contributed by atoms with van der Waals surface area (Å²) in [4.78, 5) is 0. The largest absolute Gasteiger partial charge is 0.562 e. The molecule has 1 N–H and O–H groups in total. The quantitative estimate of drug-likeness (QED) is 0.783. The molecule has 0 aliphatic carbocycles. The summed E-state index contributed by atoms with van der Waals surface area (Å²) in [5.41, 5.74) is 2.20. The number of fused-ring (bicyclic) bond motifs is 1. The zero-order chi connectivity index (χ0) is 12.9. The Balaban J connectivity index is 1.90. The van der Waals surface area contributed by atoms with Crippen molar-refractivity contribution in [3.8, 4) is 5.75 Å². The van der Waals surface area contributed by atoms with E-state index in [1.165, 1.54) is 0 Å². The van der Waals surface area contributed by atoms with Gasteiger partial charge in [0.25, 0.3) is 0 Å². The van der Waals surface area contributed by atoms with E-state index in [-0.39, 0.29) is 7.12 Å². The zero-order valence-electron chi connectivity index (χ0n) is 10.7. The van der Waals surface area contributed by atoms with E-state index < -0.39 is 0 Å². The van der Waals surface area contributed by atoms with Gasteiger partial charge in [-0.25, -0.2) is 0 Å². The van der Waals surface area contributed by atoms with Crippen molar-refractivity contribution in [2.24, 2.45) is 0 Å². The van der Waals surface area contributed by atoms with Crippen LogP contribution in [0.1, 0.15) is 5.56 Å². The maximum Gasteiger partial charge on any atom is 0.562 e. The summed E-state index contributed by atoms with van der Waals surface area (Å²) in [5, 5.41) is 3.35. The molecular weight excluding hydrogens is 237 g/mol. The number of para-hydroxylation sites is 1. The highest BCUT2D eigenvalue weighted by Gasteiger charge is 2.25. The Kier molecular flexibility index (Phi) is 3.82. The van der Waals surface area contributed by atoms with Crippen LogP contribution in [0.5, 0.6) is 5.75 Å². The van der Waals surface area contributed by atoms with Gasteiger partial charge in [0.1, 0.15) is 5.75 Å². The molecule has 3 nitrogen and oxygen atoms in total. The van der Waals surface area contributed by atoms with Crippen LogP contribution in [0, 0.1) is 0 Å². The molecule has 1 aliphatic rings. The van der Waals surface area contributed by atoms with Crippen molar-refractivity contribution in [1.29, 1.82) is 0 Å². The number of hydrogen-bond donors (Lipinski definition) is 1. The molecule has 0 spiro atoms. The summed E-state index contributed by atoms with van der Waals surface area (Å²) in [6.45, 7) is 2.26. The van der Waals surface area contributed by atoms with Crippen LogP contribution in [-0.2, 0) is 11.2 Å². The highest BCUT2D eigenvalue weighted by molar-refractivity contribution is 6.62. The number of nitrogens with one attached hydrogen (secondary N) is 1. The fourth-order valence-electron chi connectivity index (χ4n) is 2.15. The smallest absolute Gasteiger partial charge is 0.532 e. The van der Waals surface area contributed by atoms with Crippen LogP contribution in [0.25, 0.3) is 0 Å². The van der Waals surface area contributed by atoms with Crippen LogP contribution < -0.4 is 15.4 Å². The fraction of sp³-hybridized carbons (Fsp3) is 0.200. The monoisotopic (exact) mass is 253 g/mol. The lowest BCUT2D eigenvalue weighted by Crippen LogP contribution is -2.40. The summed E-state index contributed by atoms with van der Waals surface area (Å²) < 4.78 is 11.9. The van der Waals surface area contributed by atoms with Crippen molar-refractivity contribution in [2.45, 2.75) is 6.54 Å². The number of hydrogen-bond acceptors (Lipinski definition) is 3. The van der Waals surface area contributed by atoms with E-state index in [0.29, 0.717) is 6.61 Å². The molecule has 0 fully saturated rings. The molecule has 0 saturated carbocycles. The molecule has 96 valence electrons. The van der Waals surface area contributed by atoms with Crippen molar-refractivity contribution in [3.05, 3.63) is 60.2 Å². The molecular formula is C15H16BNO2. The van der Waals surface area contributed by atoms with Crippen LogP contribution in [0.15, 0.2) is 54.6 Å². The third kappa shape index (κ3) is 2.97. The lowest BCUT2D eigenvalue weighted by Gasteiger charge is -2.16. The van der Waals surface area contributed by atoms with E-state index in [1.807, 2.05) is 48.5 Å². The van der Waals surface area contributed by atoms with Gasteiger partial charge in [-0.15, -0.1) is 0 Å². The second kappa shape index (κ2) is 5.91. The minimum atomic E-state index is -0.345. The van der Waals surface area contributed by atoms with Crippen LogP contribution in [0.4, 0.5) is 0 Å². The van der Waals surface area contributed by atoms with Crippen LogP contribution in [0.3, 0.4) is 0 Å². The van der Waals surface area contributed by atoms with Crippen LogP contribution >= 0.6 is 0 Å². The average Bonchev–Trinajstić information content (AvgIpc) is 2.58. The van der Waals surface area contributed by atoms with Gasteiger partial charge in [-0.05, 0) is 11.5 Å². The van der Waals surface area contributed by atoms with Crippen LogP contribution in [-0.4, -0.2) is 20.3 Å². The predicted molar refractivity (Wildman–Crippen MR) is 76.6 cm³/mol. The number of benzene rings is 2. The Morgan fingerprint density at radius 3 is 2.63 bits per heavy atom. The summed E-state index contributed by atoms with van der Waals surface area (Å²) in [7, 11) is -0.345. The molecule has 0 saturated heterocycles. The average molecular weight is 253 g/mol. The molecule has 1 heterocycles. The van der Waals surface area contributed by atoms with E-state index in [0.717, 1.165) is 29.9 Å². The van der Waals surface area contributed by atoms with Gasteiger partial charge in [0, 0.05) is 25.3 Å². The van der Waals surface area contributed by atoms with Gasteiger partial charge in [-0.1, -0.05) is 48.5 Å². The molecule has 0 bridgehead atoms. The van der Waals surface area contributed by atoms with Crippen molar-refractivity contribution < 1.29 is 9.31 Å². The lowest BCUT2D eigenvalue weighted by molar-refractivity contribution is 0.279. The Hall–Kier alpha value is -1.78. The first kappa shape index (κ1) is 12.3. The Morgan fingerprint density at radius 2 is 1.74 bits per heavy atom. The van der Waals surface area contributed by atoms with E-state index in [9.17, 15) is 0 Å². The van der Waals surface area contributed by atoms with Gasteiger partial charge in [-0.3, -0.25) is 0 Å². The lowest BCUT2D eigenvalue weighted by atomic mass is 9.78. The first-order valence-corrected chi connectivity index (χ1v) is 6.55. The zero-order valence-corrected chi connectivity index (χ0v) is 10.7. The minimum Gasteiger partial charge on any atom is -0.532 e. The first-order chi connectivity index (χ1) is 9.43. The highest BCUT2D eigenvalue weighted by Crippen LogP contribution is 2.19. The molecule has 0 atom stereocenters. The molecule has 0 radical (unpaired) electrons. The van der Waals surface area contributed by atoms with E-state index in [4.69, 9.17) is 9.31 Å². The topological polar surface area (TPSA) is 30.5 Å². The normalized spacial score (nSPS) is 15.7. The molecule has 2 aromatic rings. The van der Waals surface area contributed by atoms with Gasteiger partial charge in [0.15, 0.2) is 0 Å². The molecule has 0 unspecified atom stereocenters. The summed E-state index contributed by atoms with van der Waals surface area (Å²) >= 11 is 0. The number of rotatable bonds is 1. The molecule has 0 amide bonds. The summed E-state index contributed by atoms with van der Waals surface area (Å²) in [5.74, 6) is 0.880. The Labute approximate surface area is 113 Å². The van der Waals surface area contributed by atoms with E-state index >= 15 is 0 Å². The van der Waals surface area contributed by atoms with E-state index in [1.54, 1.807) is 0 Å². The van der Waals surface area contributed by atoms with Crippen molar-refractivity contribution >= 4 is 12.6 Å². The second-order valence-corrected chi connectivity index (χ2v) is 4.52. The molecule has 19 heavy (non-hydrogen) atoms. The first-order valence-electron chi connectivity index (χ1n) is 6.55. The maximum absolute atomic E-state index is 6.04.